The molecular weight excluding hydrogens is 412 g/mol. The van der Waals surface area contributed by atoms with E-state index >= 15 is 0 Å². The molecule has 1 spiro atoms. The molecule has 1 atom stereocenters. The molecule has 0 aliphatic carbocycles. The van der Waals surface area contributed by atoms with Crippen LogP contribution in [0.25, 0.3) is 27.2 Å². The standard InChI is InChI=1S/C27H16N4O2/c1-15-25-17-8-3-2-7-16(17)18-12-13-21-24-26(18)30(25)31(28-15)27(24)23-19(32-21)9-6-10-20(23)33-22-11-4-5-14-29(22)27/h2-14H,1H3/q+2. The second-order valence-corrected chi connectivity index (χ2v) is 8.93. The molecule has 0 fully saturated rings. The average molecular weight is 428 g/mol. The lowest BCUT2D eigenvalue weighted by molar-refractivity contribution is -0.788. The number of aryl methyl sites for hydroxylation is 1. The van der Waals surface area contributed by atoms with Crippen LogP contribution in [0.3, 0.4) is 0 Å². The molecule has 3 aromatic heterocycles. The molecule has 6 heteroatoms. The van der Waals surface area contributed by atoms with E-state index < -0.39 is 5.66 Å². The van der Waals surface area contributed by atoms with Gasteiger partial charge in [0.05, 0.1) is 11.2 Å². The molecule has 6 heterocycles. The largest absolute Gasteiger partial charge is 0.456 e. The molecule has 154 valence electrons. The highest BCUT2D eigenvalue weighted by Crippen LogP contribution is 2.56. The summed E-state index contributed by atoms with van der Waals surface area (Å²) in [5, 5.41) is 8.81. The fourth-order valence-electron chi connectivity index (χ4n) is 6.27. The first-order chi connectivity index (χ1) is 16.3. The fraction of sp³-hybridized carbons (Fsp3) is 0.0741. The molecule has 6 nitrogen and oxygen atoms in total. The van der Waals surface area contributed by atoms with Crippen LogP contribution < -0.4 is 18.6 Å². The molecule has 33 heavy (non-hydrogen) atoms. The second kappa shape index (κ2) is 4.96. The van der Waals surface area contributed by atoms with E-state index in [-0.39, 0.29) is 0 Å². The van der Waals surface area contributed by atoms with Crippen LogP contribution in [-0.4, -0.2) is 9.90 Å². The van der Waals surface area contributed by atoms with E-state index in [1.165, 1.54) is 16.2 Å². The van der Waals surface area contributed by atoms with Gasteiger partial charge in [-0.05, 0) is 41.8 Å². The minimum absolute atomic E-state index is 0.745. The molecule has 0 radical (unpaired) electrons. The van der Waals surface area contributed by atoms with Crippen LogP contribution in [0.5, 0.6) is 23.1 Å². The van der Waals surface area contributed by atoms with Gasteiger partial charge in [0.25, 0.3) is 0 Å². The van der Waals surface area contributed by atoms with Crippen molar-refractivity contribution in [2.24, 2.45) is 0 Å². The molecule has 0 saturated heterocycles. The Hall–Kier alpha value is -4.45. The number of hydrogen-bond acceptors (Lipinski definition) is 3. The van der Waals surface area contributed by atoms with Crippen molar-refractivity contribution in [2.45, 2.75) is 12.6 Å². The number of fused-ring (bicyclic) bond motifs is 4. The van der Waals surface area contributed by atoms with Crippen molar-refractivity contribution in [3.8, 4) is 23.1 Å². The number of aromatic nitrogens is 4. The van der Waals surface area contributed by atoms with Crippen molar-refractivity contribution in [1.29, 1.82) is 0 Å². The number of hydrogen-bond donors (Lipinski definition) is 0. The molecule has 3 aliphatic rings. The van der Waals surface area contributed by atoms with Gasteiger partial charge >= 0.3 is 11.5 Å². The van der Waals surface area contributed by atoms with E-state index in [0.29, 0.717) is 0 Å². The lowest BCUT2D eigenvalue weighted by atomic mass is 9.84. The smallest absolute Gasteiger partial charge is 0.384 e. The number of rotatable bonds is 0. The van der Waals surface area contributed by atoms with E-state index in [2.05, 4.69) is 63.4 Å². The van der Waals surface area contributed by atoms with Crippen molar-refractivity contribution in [3.05, 3.63) is 95.8 Å². The maximum Gasteiger partial charge on any atom is 0.384 e. The third kappa shape index (κ3) is 1.53. The lowest BCUT2D eigenvalue weighted by Gasteiger charge is -2.33. The maximum absolute atomic E-state index is 6.52. The first kappa shape index (κ1) is 16.2. The van der Waals surface area contributed by atoms with E-state index in [1.54, 1.807) is 0 Å². The van der Waals surface area contributed by atoms with E-state index in [4.69, 9.17) is 14.6 Å². The molecule has 0 N–H and O–H groups in total. The van der Waals surface area contributed by atoms with E-state index in [0.717, 1.165) is 51.0 Å². The Morgan fingerprint density at radius 3 is 2.39 bits per heavy atom. The van der Waals surface area contributed by atoms with Crippen LogP contribution in [0.2, 0.25) is 0 Å². The number of nitrogens with zero attached hydrogens (tertiary/aromatic N) is 4. The Bertz CT molecular complexity index is 1890. The van der Waals surface area contributed by atoms with Gasteiger partial charge in [-0.3, -0.25) is 0 Å². The van der Waals surface area contributed by atoms with Crippen LogP contribution in [0.4, 0.5) is 0 Å². The van der Waals surface area contributed by atoms with Gasteiger partial charge in [-0.2, -0.15) is 0 Å². The molecule has 0 saturated carbocycles. The normalized spacial score (nSPS) is 18.5. The van der Waals surface area contributed by atoms with Crippen LogP contribution in [0, 0.1) is 6.92 Å². The number of ether oxygens (including phenoxy) is 2. The molecule has 9 rings (SSSR count). The Kier molecular flexibility index (Phi) is 2.44. The predicted octanol–water partition coefficient (Wildman–Crippen LogP) is 4.35. The summed E-state index contributed by atoms with van der Waals surface area (Å²) in [7, 11) is 0. The predicted molar refractivity (Wildman–Crippen MR) is 120 cm³/mol. The van der Waals surface area contributed by atoms with Gasteiger partial charge in [-0.15, -0.1) is 9.08 Å². The number of pyridine rings is 2. The molecular formula is C27H16N4O2+2. The Morgan fingerprint density at radius 2 is 1.48 bits per heavy atom. The summed E-state index contributed by atoms with van der Waals surface area (Å²) in [5.41, 5.74) is 4.58. The van der Waals surface area contributed by atoms with E-state index in [9.17, 15) is 0 Å². The minimum Gasteiger partial charge on any atom is -0.456 e. The quantitative estimate of drug-likeness (QED) is 0.267. The average Bonchev–Trinajstić information content (AvgIpc) is 3.34. The highest BCUT2D eigenvalue weighted by atomic mass is 16.5. The van der Waals surface area contributed by atoms with Gasteiger partial charge in [0, 0.05) is 28.6 Å². The summed E-state index contributed by atoms with van der Waals surface area (Å²) in [6.07, 6.45) is 2.08. The van der Waals surface area contributed by atoms with Crippen LogP contribution >= 0.6 is 0 Å². The Labute approximate surface area is 187 Å². The zero-order valence-corrected chi connectivity index (χ0v) is 17.6. The first-order valence-electron chi connectivity index (χ1n) is 11.1. The van der Waals surface area contributed by atoms with Crippen molar-refractivity contribution in [2.75, 3.05) is 0 Å². The topological polar surface area (TPSA) is 44.3 Å². The van der Waals surface area contributed by atoms with Crippen LogP contribution in [-0.2, 0) is 5.66 Å². The Balaban J connectivity index is 1.65. The molecule has 3 aromatic carbocycles. The summed E-state index contributed by atoms with van der Waals surface area (Å²) in [6, 6.07) is 25.0. The summed E-state index contributed by atoms with van der Waals surface area (Å²) < 4.78 is 17.4. The monoisotopic (exact) mass is 428 g/mol. The SMILES string of the molecule is Cc1nn2[n+]3c1c1ccccc1c1ccc4c(c13)C21c2c(cccc2Oc2cccc[n+]21)O4. The van der Waals surface area contributed by atoms with Crippen molar-refractivity contribution in [3.63, 3.8) is 0 Å². The second-order valence-electron chi connectivity index (χ2n) is 8.93. The van der Waals surface area contributed by atoms with Gasteiger partial charge < -0.3 is 9.47 Å². The zero-order valence-electron chi connectivity index (χ0n) is 17.6. The lowest BCUT2D eigenvalue weighted by Crippen LogP contribution is -2.66. The third-order valence-electron chi connectivity index (χ3n) is 7.39. The van der Waals surface area contributed by atoms with E-state index in [1.807, 2.05) is 36.4 Å². The summed E-state index contributed by atoms with van der Waals surface area (Å²) in [4.78, 5) is 2.14. The fourth-order valence-corrected chi connectivity index (χ4v) is 6.27. The molecule has 3 aliphatic heterocycles. The summed E-state index contributed by atoms with van der Waals surface area (Å²) >= 11 is 0. The van der Waals surface area contributed by atoms with Crippen molar-refractivity contribution >= 4 is 27.2 Å². The van der Waals surface area contributed by atoms with Gasteiger partial charge in [0.1, 0.15) is 17.1 Å². The van der Waals surface area contributed by atoms with Gasteiger partial charge in [0.15, 0.2) is 23.0 Å². The molecule has 1 unspecified atom stereocenters. The van der Waals surface area contributed by atoms with Crippen LogP contribution in [0.1, 0.15) is 16.8 Å². The molecule has 0 bridgehead atoms. The highest BCUT2D eigenvalue weighted by molar-refractivity contribution is 6.11. The first-order valence-corrected chi connectivity index (χ1v) is 11.1. The summed E-state index contributed by atoms with van der Waals surface area (Å²) in [6.45, 7) is 2.09. The van der Waals surface area contributed by atoms with Crippen LogP contribution in [0.15, 0.2) is 79.0 Å². The molecule has 0 amide bonds. The van der Waals surface area contributed by atoms with Gasteiger partial charge in [-0.25, -0.2) is 0 Å². The van der Waals surface area contributed by atoms with Crippen molar-refractivity contribution < 1.29 is 18.6 Å². The van der Waals surface area contributed by atoms with Gasteiger partial charge in [-0.1, -0.05) is 24.3 Å². The highest BCUT2D eigenvalue weighted by Gasteiger charge is 2.68. The zero-order chi connectivity index (χ0) is 21.5. The Morgan fingerprint density at radius 1 is 0.727 bits per heavy atom. The maximum atomic E-state index is 6.52. The summed E-state index contributed by atoms with van der Waals surface area (Å²) in [5.74, 6) is 3.20. The molecule has 6 aromatic rings. The number of benzene rings is 3. The third-order valence-corrected chi connectivity index (χ3v) is 7.39. The van der Waals surface area contributed by atoms with Crippen molar-refractivity contribution in [1.82, 2.24) is 9.90 Å². The minimum atomic E-state index is -0.745. The van der Waals surface area contributed by atoms with Gasteiger partial charge in [0.2, 0.25) is 11.2 Å².